The minimum Gasteiger partial charge on any atom is -0.313 e. The van der Waals surface area contributed by atoms with Gasteiger partial charge in [0, 0.05) is 18.7 Å². The molecule has 1 fully saturated rings. The summed E-state index contributed by atoms with van der Waals surface area (Å²) in [5.74, 6) is 0.373. The van der Waals surface area contributed by atoms with E-state index in [2.05, 4.69) is 10.4 Å². The maximum absolute atomic E-state index is 14.1. The highest BCUT2D eigenvalue weighted by Gasteiger charge is 2.26. The monoisotopic (exact) mass is 259 g/mol. The van der Waals surface area contributed by atoms with Crippen LogP contribution < -0.4 is 5.32 Å². The lowest BCUT2D eigenvalue weighted by Crippen LogP contribution is -2.12. The van der Waals surface area contributed by atoms with Gasteiger partial charge in [-0.3, -0.25) is 0 Å². The summed E-state index contributed by atoms with van der Waals surface area (Å²) >= 11 is 0. The Bertz CT molecular complexity index is 573. The van der Waals surface area contributed by atoms with E-state index >= 15 is 0 Å². The molecule has 0 atom stereocenters. The van der Waals surface area contributed by atoms with Crippen molar-refractivity contribution in [2.24, 2.45) is 0 Å². The van der Waals surface area contributed by atoms with Crippen LogP contribution in [0.4, 0.5) is 4.39 Å². The highest BCUT2D eigenvalue weighted by molar-refractivity contribution is 5.36. The fourth-order valence-corrected chi connectivity index (χ4v) is 2.18. The average molecular weight is 259 g/mol. The van der Waals surface area contributed by atoms with Crippen molar-refractivity contribution in [2.45, 2.75) is 32.2 Å². The van der Waals surface area contributed by atoms with Crippen molar-refractivity contribution in [1.29, 1.82) is 0 Å². The first kappa shape index (κ1) is 12.4. The van der Waals surface area contributed by atoms with E-state index in [1.54, 1.807) is 16.8 Å². The lowest BCUT2D eigenvalue weighted by Gasteiger charge is -2.07. The predicted octanol–water partition coefficient (Wildman–Crippen LogP) is 3.00. The molecule has 0 spiro atoms. The van der Waals surface area contributed by atoms with E-state index in [4.69, 9.17) is 0 Å². The van der Waals surface area contributed by atoms with Crippen LogP contribution in [0, 0.1) is 5.82 Å². The fourth-order valence-electron chi connectivity index (χ4n) is 2.18. The van der Waals surface area contributed by atoms with Gasteiger partial charge in [0.15, 0.2) is 0 Å². The van der Waals surface area contributed by atoms with Gasteiger partial charge in [0.1, 0.15) is 11.5 Å². The number of rotatable bonds is 5. The number of nitrogens with one attached hydrogen (secondary N) is 1. The first-order chi connectivity index (χ1) is 9.28. The third kappa shape index (κ3) is 2.68. The molecule has 0 radical (unpaired) electrons. The van der Waals surface area contributed by atoms with Crippen LogP contribution in [-0.2, 0) is 6.54 Å². The Morgan fingerprint density at radius 3 is 2.89 bits per heavy atom. The first-order valence-electron chi connectivity index (χ1n) is 6.83. The second-order valence-corrected chi connectivity index (χ2v) is 5.03. The summed E-state index contributed by atoms with van der Waals surface area (Å²) in [6.07, 6.45) is 4.26. The molecule has 0 amide bonds. The third-order valence-corrected chi connectivity index (χ3v) is 3.44. The van der Waals surface area contributed by atoms with Crippen molar-refractivity contribution >= 4 is 0 Å². The molecule has 1 N–H and O–H groups in total. The van der Waals surface area contributed by atoms with Crippen LogP contribution in [-0.4, -0.2) is 16.3 Å². The van der Waals surface area contributed by atoms with Gasteiger partial charge in [-0.2, -0.15) is 5.10 Å². The van der Waals surface area contributed by atoms with E-state index in [0.29, 0.717) is 18.2 Å². The molecule has 1 saturated carbocycles. The maximum atomic E-state index is 14.1. The molecule has 3 rings (SSSR count). The lowest BCUT2D eigenvalue weighted by atomic mass is 10.2. The molecule has 100 valence electrons. The van der Waals surface area contributed by atoms with Crippen LogP contribution in [0.2, 0.25) is 0 Å². The number of nitrogens with zero attached hydrogens (tertiary/aromatic N) is 2. The Morgan fingerprint density at radius 1 is 1.37 bits per heavy atom. The predicted molar refractivity (Wildman–Crippen MR) is 72.9 cm³/mol. The van der Waals surface area contributed by atoms with E-state index in [1.165, 1.54) is 12.8 Å². The molecule has 0 bridgehead atoms. The molecule has 1 aromatic carbocycles. The molecular formula is C15H18FN3. The Balaban J connectivity index is 1.82. The summed E-state index contributed by atoms with van der Waals surface area (Å²) in [5, 5.41) is 7.65. The summed E-state index contributed by atoms with van der Waals surface area (Å²) in [7, 11) is 0. The average Bonchev–Trinajstić information content (AvgIpc) is 3.15. The molecule has 2 aromatic rings. The summed E-state index contributed by atoms with van der Waals surface area (Å²) in [5.41, 5.74) is 2.56. The Hall–Kier alpha value is -1.68. The zero-order valence-corrected chi connectivity index (χ0v) is 11.1. The molecule has 1 aliphatic rings. The van der Waals surface area contributed by atoms with Gasteiger partial charge >= 0.3 is 0 Å². The zero-order chi connectivity index (χ0) is 13.2. The third-order valence-electron chi connectivity index (χ3n) is 3.44. The van der Waals surface area contributed by atoms with Crippen LogP contribution in [0.5, 0.6) is 0 Å². The molecule has 1 aromatic heterocycles. The lowest BCUT2D eigenvalue weighted by molar-refractivity contribution is 0.604. The highest BCUT2D eigenvalue weighted by atomic mass is 19.1. The number of benzene rings is 1. The van der Waals surface area contributed by atoms with Crippen molar-refractivity contribution in [1.82, 2.24) is 15.1 Å². The summed E-state index contributed by atoms with van der Waals surface area (Å²) in [6.45, 7) is 3.61. The SMILES string of the molecule is CCNCc1ccc(-n2ccc(C3CC3)n2)c(F)c1. The van der Waals surface area contributed by atoms with Crippen LogP contribution in [0.15, 0.2) is 30.5 Å². The minimum atomic E-state index is -0.221. The van der Waals surface area contributed by atoms with Crippen molar-refractivity contribution < 1.29 is 4.39 Å². The van der Waals surface area contributed by atoms with Gasteiger partial charge in [-0.05, 0) is 43.1 Å². The smallest absolute Gasteiger partial charge is 0.149 e. The van der Waals surface area contributed by atoms with Crippen LogP contribution >= 0.6 is 0 Å². The largest absolute Gasteiger partial charge is 0.313 e. The van der Waals surface area contributed by atoms with E-state index in [1.807, 2.05) is 25.3 Å². The second-order valence-electron chi connectivity index (χ2n) is 5.03. The Kier molecular flexibility index (Phi) is 3.34. The highest BCUT2D eigenvalue weighted by Crippen LogP contribution is 2.39. The molecule has 0 saturated heterocycles. The number of aromatic nitrogens is 2. The van der Waals surface area contributed by atoms with E-state index in [-0.39, 0.29) is 5.82 Å². The molecule has 19 heavy (non-hydrogen) atoms. The standard InChI is InChI=1S/C15H18FN3/c1-2-17-10-11-3-6-15(13(16)9-11)19-8-7-14(18-19)12-4-5-12/h3,6-9,12,17H,2,4-5,10H2,1H3. The normalized spacial score (nSPS) is 14.8. The molecule has 3 nitrogen and oxygen atoms in total. The van der Waals surface area contributed by atoms with Crippen LogP contribution in [0.3, 0.4) is 0 Å². The van der Waals surface area contributed by atoms with E-state index in [9.17, 15) is 4.39 Å². The molecule has 4 heteroatoms. The van der Waals surface area contributed by atoms with E-state index < -0.39 is 0 Å². The van der Waals surface area contributed by atoms with Gasteiger partial charge in [0.2, 0.25) is 0 Å². The molecule has 0 aliphatic heterocycles. The van der Waals surface area contributed by atoms with Crippen molar-refractivity contribution in [3.63, 3.8) is 0 Å². The van der Waals surface area contributed by atoms with Gasteiger partial charge in [-0.15, -0.1) is 0 Å². The van der Waals surface area contributed by atoms with E-state index in [0.717, 1.165) is 17.8 Å². The Morgan fingerprint density at radius 2 is 2.21 bits per heavy atom. The summed E-state index contributed by atoms with van der Waals surface area (Å²) < 4.78 is 15.7. The molecular weight excluding hydrogens is 241 g/mol. The summed E-state index contributed by atoms with van der Waals surface area (Å²) in [6, 6.07) is 7.31. The molecule has 1 heterocycles. The van der Waals surface area contributed by atoms with Gasteiger partial charge in [0.25, 0.3) is 0 Å². The number of hydrogen-bond acceptors (Lipinski definition) is 2. The topological polar surface area (TPSA) is 29.9 Å². The summed E-state index contributed by atoms with van der Waals surface area (Å²) in [4.78, 5) is 0. The van der Waals surface area contributed by atoms with Gasteiger partial charge in [-0.25, -0.2) is 9.07 Å². The zero-order valence-electron chi connectivity index (χ0n) is 11.1. The molecule has 1 aliphatic carbocycles. The number of halogens is 1. The van der Waals surface area contributed by atoms with Gasteiger partial charge < -0.3 is 5.32 Å². The van der Waals surface area contributed by atoms with Crippen molar-refractivity contribution in [3.8, 4) is 5.69 Å². The van der Waals surface area contributed by atoms with Gasteiger partial charge in [0.05, 0.1) is 5.69 Å². The number of hydrogen-bond donors (Lipinski definition) is 1. The maximum Gasteiger partial charge on any atom is 0.149 e. The molecule has 0 unspecified atom stereocenters. The van der Waals surface area contributed by atoms with Gasteiger partial charge in [-0.1, -0.05) is 13.0 Å². The minimum absolute atomic E-state index is 0.221. The van der Waals surface area contributed by atoms with Crippen LogP contribution in [0.1, 0.15) is 36.9 Å². The second kappa shape index (κ2) is 5.13. The van der Waals surface area contributed by atoms with Crippen molar-refractivity contribution in [2.75, 3.05) is 6.54 Å². The van der Waals surface area contributed by atoms with Crippen molar-refractivity contribution in [3.05, 3.63) is 47.5 Å². The fraction of sp³-hybridized carbons (Fsp3) is 0.400. The quantitative estimate of drug-likeness (QED) is 0.894. The Labute approximate surface area is 112 Å². The first-order valence-corrected chi connectivity index (χ1v) is 6.83. The van der Waals surface area contributed by atoms with Crippen LogP contribution in [0.25, 0.3) is 5.69 Å².